The predicted molar refractivity (Wildman–Crippen MR) is 128 cm³/mol. The fourth-order valence-corrected chi connectivity index (χ4v) is 3.61. The van der Waals surface area contributed by atoms with Gasteiger partial charge in [-0.2, -0.15) is 0 Å². The van der Waals surface area contributed by atoms with Crippen LogP contribution in [0.25, 0.3) is 5.57 Å². The zero-order chi connectivity index (χ0) is 23.0. The summed E-state index contributed by atoms with van der Waals surface area (Å²) < 4.78 is 5.52. The molecule has 1 fully saturated rings. The normalized spacial score (nSPS) is 16.9. The molecular formula is C24H37N5O2. The fourth-order valence-electron chi connectivity index (χ4n) is 3.61. The highest BCUT2D eigenvalue weighted by molar-refractivity contribution is 5.81. The van der Waals surface area contributed by atoms with Crippen LogP contribution in [0, 0.1) is 6.92 Å². The van der Waals surface area contributed by atoms with Gasteiger partial charge in [-0.3, -0.25) is 4.99 Å². The van der Waals surface area contributed by atoms with Crippen molar-refractivity contribution >= 4 is 23.7 Å². The van der Waals surface area contributed by atoms with Crippen LogP contribution in [-0.2, 0) is 4.74 Å². The molecule has 170 valence electrons. The number of carbonyl (C=O) groups is 1. The molecule has 1 aliphatic rings. The first-order valence-electron chi connectivity index (χ1n) is 11.1. The molecule has 1 aromatic heterocycles. The summed E-state index contributed by atoms with van der Waals surface area (Å²) in [6.07, 6.45) is 10.1. The van der Waals surface area contributed by atoms with Gasteiger partial charge in [0, 0.05) is 38.0 Å². The molecule has 2 rings (SSSR count). The first kappa shape index (κ1) is 24.6. The van der Waals surface area contributed by atoms with Crippen LogP contribution in [0.3, 0.4) is 0 Å². The van der Waals surface area contributed by atoms with Crippen LogP contribution in [-0.4, -0.2) is 65.0 Å². The number of nitrogens with zero attached hydrogens (tertiary/aromatic N) is 5. The summed E-state index contributed by atoms with van der Waals surface area (Å²) in [5, 5.41) is 0. The average Bonchev–Trinajstić information content (AvgIpc) is 2.73. The van der Waals surface area contributed by atoms with E-state index >= 15 is 0 Å². The van der Waals surface area contributed by atoms with Crippen LogP contribution < -0.4 is 4.90 Å². The van der Waals surface area contributed by atoms with Gasteiger partial charge in [0.05, 0.1) is 11.7 Å². The number of aromatic nitrogens is 2. The molecule has 7 nitrogen and oxygen atoms in total. The quantitative estimate of drug-likeness (QED) is 0.617. The van der Waals surface area contributed by atoms with Crippen molar-refractivity contribution in [1.82, 2.24) is 14.9 Å². The number of aliphatic imine (C=N–C) groups is 1. The third kappa shape index (κ3) is 6.64. The Morgan fingerprint density at radius 3 is 2.45 bits per heavy atom. The zero-order valence-electron chi connectivity index (χ0n) is 20.1. The molecule has 0 radical (unpaired) electrons. The highest BCUT2D eigenvalue weighted by Gasteiger charge is 2.29. The van der Waals surface area contributed by atoms with Gasteiger partial charge in [-0.1, -0.05) is 19.1 Å². The number of allylic oxidation sites excluding steroid dienone is 3. The molecule has 0 spiro atoms. The van der Waals surface area contributed by atoms with E-state index in [0.29, 0.717) is 26.2 Å². The molecule has 1 saturated heterocycles. The van der Waals surface area contributed by atoms with E-state index in [0.717, 1.165) is 29.1 Å². The van der Waals surface area contributed by atoms with Crippen molar-refractivity contribution in [1.29, 1.82) is 0 Å². The lowest BCUT2D eigenvalue weighted by Gasteiger charge is -2.37. The molecule has 1 aliphatic heterocycles. The van der Waals surface area contributed by atoms with Crippen LogP contribution in [0.5, 0.6) is 0 Å². The lowest BCUT2D eigenvalue weighted by atomic mass is 9.95. The van der Waals surface area contributed by atoms with Crippen LogP contribution in [0.1, 0.15) is 59.2 Å². The summed E-state index contributed by atoms with van der Waals surface area (Å²) in [7, 11) is 0. The molecule has 1 aromatic rings. The summed E-state index contributed by atoms with van der Waals surface area (Å²) in [5.41, 5.74) is 2.62. The lowest BCUT2D eigenvalue weighted by molar-refractivity contribution is 0.0240. The Labute approximate surface area is 186 Å². The number of anilines is 1. The third-order valence-corrected chi connectivity index (χ3v) is 5.14. The number of hydrogen-bond acceptors (Lipinski definition) is 6. The molecule has 1 amide bonds. The summed E-state index contributed by atoms with van der Waals surface area (Å²) in [5.74, 6) is 0.907. The molecule has 0 aliphatic carbocycles. The van der Waals surface area contributed by atoms with Crippen LogP contribution in [0.15, 0.2) is 29.5 Å². The van der Waals surface area contributed by atoms with E-state index in [9.17, 15) is 4.79 Å². The van der Waals surface area contributed by atoms with Gasteiger partial charge >= 0.3 is 6.09 Å². The van der Waals surface area contributed by atoms with Gasteiger partial charge in [-0.25, -0.2) is 14.8 Å². The Morgan fingerprint density at radius 1 is 1.23 bits per heavy atom. The molecule has 1 unspecified atom stereocenters. The standard InChI is InChI=1S/C24H37N5O2/c1-8-11-12-25-20(10-3)19(9-2)21-18(4)26-17-27-22(21)28-13-15-29(16-14-28)23(30)31-24(5,6)7/h8-9,11-12,17,20H,10,13-16H2,1-7H3/b11-8-,19-9-,25-12?. The minimum atomic E-state index is -0.491. The van der Waals surface area contributed by atoms with Crippen molar-refractivity contribution in [3.05, 3.63) is 35.8 Å². The average molecular weight is 428 g/mol. The van der Waals surface area contributed by atoms with E-state index in [4.69, 9.17) is 9.73 Å². The maximum Gasteiger partial charge on any atom is 0.410 e. The van der Waals surface area contributed by atoms with E-state index in [2.05, 4.69) is 27.9 Å². The number of amides is 1. The molecule has 2 heterocycles. The first-order valence-corrected chi connectivity index (χ1v) is 11.1. The van der Waals surface area contributed by atoms with Crippen molar-refractivity contribution in [3.63, 3.8) is 0 Å². The molecular weight excluding hydrogens is 390 g/mol. The minimum Gasteiger partial charge on any atom is -0.444 e. The Balaban J connectivity index is 2.26. The smallest absolute Gasteiger partial charge is 0.410 e. The Kier molecular flexibility index (Phi) is 8.77. The van der Waals surface area contributed by atoms with E-state index in [1.807, 2.05) is 59.9 Å². The Hall–Kier alpha value is -2.70. The van der Waals surface area contributed by atoms with Crippen LogP contribution >= 0.6 is 0 Å². The van der Waals surface area contributed by atoms with Crippen molar-refractivity contribution in [2.24, 2.45) is 4.99 Å². The predicted octanol–water partition coefficient (Wildman–Crippen LogP) is 4.67. The van der Waals surface area contributed by atoms with Crippen molar-refractivity contribution in [2.45, 2.75) is 66.5 Å². The number of piperazine rings is 1. The summed E-state index contributed by atoms with van der Waals surface area (Å²) in [6, 6.07) is 0.0349. The van der Waals surface area contributed by atoms with Crippen molar-refractivity contribution in [3.8, 4) is 0 Å². The molecule has 0 saturated carbocycles. The molecule has 0 bridgehead atoms. The van der Waals surface area contributed by atoms with E-state index in [1.165, 1.54) is 0 Å². The molecule has 0 aromatic carbocycles. The monoisotopic (exact) mass is 427 g/mol. The second-order valence-corrected chi connectivity index (χ2v) is 8.60. The topological polar surface area (TPSA) is 70.9 Å². The first-order chi connectivity index (χ1) is 14.7. The van der Waals surface area contributed by atoms with Gasteiger partial charge < -0.3 is 14.5 Å². The number of rotatable bonds is 6. The van der Waals surface area contributed by atoms with E-state index in [1.54, 1.807) is 11.2 Å². The fraction of sp³-hybridized carbons (Fsp3) is 0.583. The minimum absolute atomic E-state index is 0.0349. The van der Waals surface area contributed by atoms with Gasteiger partial charge in [-0.15, -0.1) is 0 Å². The van der Waals surface area contributed by atoms with Crippen molar-refractivity contribution < 1.29 is 9.53 Å². The van der Waals surface area contributed by atoms with E-state index < -0.39 is 5.60 Å². The Morgan fingerprint density at radius 2 is 1.90 bits per heavy atom. The van der Waals surface area contributed by atoms with Crippen LogP contribution in [0.2, 0.25) is 0 Å². The van der Waals surface area contributed by atoms with Crippen LogP contribution in [0.4, 0.5) is 10.6 Å². The van der Waals surface area contributed by atoms with Gasteiger partial charge in [0.2, 0.25) is 0 Å². The molecule has 0 N–H and O–H groups in total. The van der Waals surface area contributed by atoms with Gasteiger partial charge in [0.1, 0.15) is 17.7 Å². The summed E-state index contributed by atoms with van der Waals surface area (Å²) in [4.78, 5) is 30.3. The van der Waals surface area contributed by atoms with Gasteiger partial charge in [0.15, 0.2) is 0 Å². The van der Waals surface area contributed by atoms with Gasteiger partial charge in [-0.05, 0) is 59.6 Å². The Bertz CT molecular complexity index is 831. The zero-order valence-corrected chi connectivity index (χ0v) is 20.1. The number of hydrogen-bond donors (Lipinski definition) is 0. The highest BCUT2D eigenvalue weighted by Crippen LogP contribution is 2.32. The molecule has 1 atom stereocenters. The van der Waals surface area contributed by atoms with E-state index in [-0.39, 0.29) is 12.1 Å². The second-order valence-electron chi connectivity index (χ2n) is 8.60. The third-order valence-electron chi connectivity index (χ3n) is 5.14. The molecule has 31 heavy (non-hydrogen) atoms. The highest BCUT2D eigenvalue weighted by atomic mass is 16.6. The van der Waals surface area contributed by atoms with Crippen molar-refractivity contribution in [2.75, 3.05) is 31.1 Å². The largest absolute Gasteiger partial charge is 0.444 e. The maximum atomic E-state index is 12.4. The second kappa shape index (κ2) is 11.1. The maximum absolute atomic E-state index is 12.4. The summed E-state index contributed by atoms with van der Waals surface area (Å²) >= 11 is 0. The number of carbonyl (C=O) groups excluding carboxylic acids is 1. The number of aryl methyl sites for hydroxylation is 1. The molecule has 7 heteroatoms. The van der Waals surface area contributed by atoms with Gasteiger partial charge in [0.25, 0.3) is 0 Å². The summed E-state index contributed by atoms with van der Waals surface area (Å²) in [6.45, 7) is 16.4. The SMILES string of the molecule is C/C=C\C=NC(CC)/C(=C/C)c1c(C)ncnc1N1CCN(C(=O)OC(C)(C)C)CC1. The number of ether oxygens (including phenoxy) is 1. The lowest BCUT2D eigenvalue weighted by Crippen LogP contribution is -2.50.